The van der Waals surface area contributed by atoms with Crippen molar-refractivity contribution in [2.45, 2.75) is 31.6 Å². The van der Waals surface area contributed by atoms with Crippen molar-refractivity contribution in [3.05, 3.63) is 76.4 Å². The van der Waals surface area contributed by atoms with E-state index in [4.69, 9.17) is 10.3 Å². The average Bonchev–Trinajstić information content (AvgIpc) is 3.07. The van der Waals surface area contributed by atoms with Crippen molar-refractivity contribution < 1.29 is 18.1 Å². The number of nitrogens with one attached hydrogen (secondary N) is 1. The van der Waals surface area contributed by atoms with Crippen molar-refractivity contribution in [3.8, 4) is 0 Å². The summed E-state index contributed by atoms with van der Waals surface area (Å²) in [5.74, 6) is -0.840. The van der Waals surface area contributed by atoms with Crippen LogP contribution in [0.4, 0.5) is 14.5 Å². The normalized spacial score (nSPS) is 18.5. The lowest BCUT2D eigenvalue weighted by Crippen LogP contribution is -2.20. The predicted molar refractivity (Wildman–Crippen MR) is 114 cm³/mol. The Hall–Kier alpha value is -3.27. The largest absolute Gasteiger partial charge is 0.379 e. The maximum atomic E-state index is 14.7. The summed E-state index contributed by atoms with van der Waals surface area (Å²) in [5.41, 5.74) is 8.46. The van der Waals surface area contributed by atoms with Crippen LogP contribution in [0.5, 0.6) is 0 Å². The van der Waals surface area contributed by atoms with Gasteiger partial charge < -0.3 is 15.6 Å². The first kappa shape index (κ1) is 21.0. The fourth-order valence-corrected chi connectivity index (χ4v) is 4.75. The summed E-state index contributed by atoms with van der Waals surface area (Å²) in [6.07, 6.45) is 1.44. The number of carbonyl (C=O) groups is 1. The topological polar surface area (TPSA) is 106 Å². The molecule has 0 saturated carbocycles. The van der Waals surface area contributed by atoms with Crippen LogP contribution in [0.25, 0.3) is 0 Å². The van der Waals surface area contributed by atoms with E-state index in [1.807, 2.05) is 13.8 Å². The number of aryl methyl sites for hydroxylation is 2. The summed E-state index contributed by atoms with van der Waals surface area (Å²) < 4.78 is 33.0. The average molecular weight is 443 g/mol. The number of rotatable bonds is 4. The second kappa shape index (κ2) is 8.46. The lowest BCUT2D eigenvalue weighted by Gasteiger charge is -2.26. The highest BCUT2D eigenvalue weighted by molar-refractivity contribution is 8.14. The molecule has 0 radical (unpaired) electrons. The van der Waals surface area contributed by atoms with Gasteiger partial charge in [0.1, 0.15) is 23.1 Å². The van der Waals surface area contributed by atoms with Crippen LogP contribution in [0.15, 0.2) is 46.0 Å². The lowest BCUT2D eigenvalue weighted by molar-refractivity contribution is 0.102. The molecule has 31 heavy (non-hydrogen) atoms. The van der Waals surface area contributed by atoms with E-state index in [1.54, 1.807) is 0 Å². The molecule has 1 aliphatic heterocycles. The van der Waals surface area contributed by atoms with E-state index in [1.165, 1.54) is 36.0 Å². The minimum atomic E-state index is -0.543. The van der Waals surface area contributed by atoms with Crippen LogP contribution in [-0.4, -0.2) is 21.2 Å². The van der Waals surface area contributed by atoms with Gasteiger partial charge in [-0.3, -0.25) is 9.79 Å². The Morgan fingerprint density at radius 2 is 2.06 bits per heavy atom. The van der Waals surface area contributed by atoms with Gasteiger partial charge in [0.05, 0.1) is 17.9 Å². The minimum Gasteiger partial charge on any atom is -0.379 e. The number of carbonyl (C=O) groups excluding carboxylic acids is 1. The third-order valence-electron chi connectivity index (χ3n) is 4.97. The Kier molecular flexibility index (Phi) is 5.73. The number of aromatic nitrogens is 2. The monoisotopic (exact) mass is 443 g/mol. The number of pyridine rings is 1. The van der Waals surface area contributed by atoms with Gasteiger partial charge in [-0.2, -0.15) is 0 Å². The summed E-state index contributed by atoms with van der Waals surface area (Å²) in [5, 5.41) is 6.90. The maximum absolute atomic E-state index is 14.7. The second-order valence-corrected chi connectivity index (χ2v) is 8.34. The zero-order valence-corrected chi connectivity index (χ0v) is 17.5. The van der Waals surface area contributed by atoms with Gasteiger partial charge in [0.15, 0.2) is 5.17 Å². The lowest BCUT2D eigenvalue weighted by atomic mass is 9.97. The zero-order chi connectivity index (χ0) is 22.1. The molecule has 0 aliphatic carbocycles. The molecule has 3 N–H and O–H groups in total. The van der Waals surface area contributed by atoms with Crippen molar-refractivity contribution in [2.75, 3.05) is 5.32 Å². The number of thioether (sulfide) groups is 1. The van der Waals surface area contributed by atoms with Crippen LogP contribution in [-0.2, 0) is 0 Å². The number of nitrogens with zero attached hydrogens (tertiary/aromatic N) is 3. The Morgan fingerprint density at radius 1 is 1.26 bits per heavy atom. The molecule has 1 amide bonds. The molecule has 7 nitrogen and oxygen atoms in total. The molecule has 0 fully saturated rings. The Labute approximate surface area is 181 Å². The number of aliphatic imine (C=N–C) groups is 1. The van der Waals surface area contributed by atoms with E-state index in [2.05, 4.69) is 20.4 Å². The Bertz CT molecular complexity index is 1140. The summed E-state index contributed by atoms with van der Waals surface area (Å²) in [6.45, 7) is 3.68. The first-order chi connectivity index (χ1) is 14.8. The van der Waals surface area contributed by atoms with Gasteiger partial charge >= 0.3 is 0 Å². The highest BCUT2D eigenvalue weighted by Gasteiger charge is 2.31. The molecule has 4 rings (SSSR count). The first-order valence-electron chi connectivity index (χ1n) is 9.47. The highest BCUT2D eigenvalue weighted by atomic mass is 32.2. The summed E-state index contributed by atoms with van der Waals surface area (Å²) in [6, 6.07) is 6.11. The second-order valence-electron chi connectivity index (χ2n) is 7.12. The van der Waals surface area contributed by atoms with Crippen LogP contribution in [0.2, 0.25) is 0 Å². The zero-order valence-electron chi connectivity index (χ0n) is 16.7. The molecule has 2 aromatic heterocycles. The van der Waals surface area contributed by atoms with E-state index >= 15 is 0 Å². The molecular weight excluding hydrogens is 424 g/mol. The van der Waals surface area contributed by atoms with E-state index in [0.717, 1.165) is 23.5 Å². The highest BCUT2D eigenvalue weighted by Crippen LogP contribution is 2.45. The van der Waals surface area contributed by atoms with Crippen LogP contribution < -0.4 is 11.1 Å². The molecule has 10 heteroatoms. The Balaban J connectivity index is 1.59. The molecule has 1 aliphatic rings. The first-order valence-corrected chi connectivity index (χ1v) is 10.3. The number of amidine groups is 1. The van der Waals surface area contributed by atoms with Gasteiger partial charge in [-0.15, -0.1) is 0 Å². The molecule has 1 aromatic carbocycles. The molecule has 3 heterocycles. The number of hydrogen-bond acceptors (Lipinski definition) is 7. The van der Waals surface area contributed by atoms with Gasteiger partial charge in [0.2, 0.25) is 0 Å². The standard InChI is InChI=1S/C21H19F2N5O2S/c1-10-19(11(2)30-28-10)18-8-17(27-21(24)31-18)14-7-13(4-5-15(14)23)26-20(29)16-6-3-12(22)9-25-16/h3-7,9,17-18H,8H2,1-2H3,(H2,24,27)(H,26,29)/t17-,18-/m0/s1. The third-order valence-corrected chi connectivity index (χ3v) is 6.03. The fraction of sp³-hybridized carbons (Fsp3) is 0.238. The van der Waals surface area contributed by atoms with Gasteiger partial charge in [-0.05, 0) is 50.6 Å². The molecule has 160 valence electrons. The van der Waals surface area contributed by atoms with Crippen LogP contribution in [0, 0.1) is 25.5 Å². The van der Waals surface area contributed by atoms with Crippen molar-refractivity contribution >= 4 is 28.5 Å². The van der Waals surface area contributed by atoms with Crippen molar-refractivity contribution in [1.82, 2.24) is 10.1 Å². The molecule has 2 atom stereocenters. The minimum absolute atomic E-state index is 0.0436. The number of halogens is 2. The maximum Gasteiger partial charge on any atom is 0.274 e. The van der Waals surface area contributed by atoms with Crippen molar-refractivity contribution in [1.29, 1.82) is 0 Å². The number of amides is 1. The SMILES string of the molecule is Cc1noc(C)c1[C@@H]1C[C@@H](c2cc(NC(=O)c3ccc(F)cn3)ccc2F)N=C(N)S1. The number of anilines is 1. The Morgan fingerprint density at radius 3 is 2.74 bits per heavy atom. The van der Waals surface area contributed by atoms with Crippen LogP contribution in [0.1, 0.15) is 50.8 Å². The van der Waals surface area contributed by atoms with Gasteiger partial charge in [0, 0.05) is 22.1 Å². The molecule has 0 unspecified atom stereocenters. The molecule has 3 aromatic rings. The van der Waals surface area contributed by atoms with E-state index in [9.17, 15) is 13.6 Å². The fourth-order valence-electron chi connectivity index (χ4n) is 3.54. The van der Waals surface area contributed by atoms with Gasteiger partial charge in [-0.25, -0.2) is 13.8 Å². The molecule has 0 saturated heterocycles. The number of benzene rings is 1. The number of hydrogen-bond donors (Lipinski definition) is 2. The van der Waals surface area contributed by atoms with E-state index in [-0.39, 0.29) is 10.9 Å². The number of nitrogens with two attached hydrogens (primary N) is 1. The van der Waals surface area contributed by atoms with E-state index < -0.39 is 23.6 Å². The summed E-state index contributed by atoms with van der Waals surface area (Å²) in [4.78, 5) is 20.5. The van der Waals surface area contributed by atoms with Gasteiger partial charge in [-0.1, -0.05) is 16.9 Å². The van der Waals surface area contributed by atoms with Crippen molar-refractivity contribution in [2.24, 2.45) is 10.7 Å². The summed E-state index contributed by atoms with van der Waals surface area (Å²) >= 11 is 1.39. The van der Waals surface area contributed by atoms with Crippen molar-refractivity contribution in [3.63, 3.8) is 0 Å². The van der Waals surface area contributed by atoms with E-state index in [0.29, 0.717) is 28.6 Å². The summed E-state index contributed by atoms with van der Waals surface area (Å²) in [7, 11) is 0. The van der Waals surface area contributed by atoms with Crippen LogP contribution in [0.3, 0.4) is 0 Å². The smallest absolute Gasteiger partial charge is 0.274 e. The quantitative estimate of drug-likeness (QED) is 0.617. The predicted octanol–water partition coefficient (Wildman–Crippen LogP) is 4.45. The molecule has 0 spiro atoms. The molecular formula is C21H19F2N5O2S. The third kappa shape index (κ3) is 4.43. The molecule has 0 bridgehead atoms. The van der Waals surface area contributed by atoms with Crippen LogP contribution >= 0.6 is 11.8 Å². The van der Waals surface area contributed by atoms with Gasteiger partial charge in [0.25, 0.3) is 5.91 Å².